The average Bonchev–Trinajstić information content (AvgIpc) is 2.28. The van der Waals surface area contributed by atoms with Crippen LogP contribution in [-0.2, 0) is 10.0 Å². The first kappa shape index (κ1) is 14.0. The second-order valence-corrected chi connectivity index (χ2v) is 6.12. The summed E-state index contributed by atoms with van der Waals surface area (Å²) in [6.07, 6.45) is 0.841. The number of benzene rings is 1. The maximum Gasteiger partial charge on any atom is 0.240 e. The Labute approximate surface area is 103 Å². The molecule has 1 aromatic carbocycles. The minimum Gasteiger partial charge on any atom is -0.388 e. The van der Waals surface area contributed by atoms with Crippen LogP contribution in [0.5, 0.6) is 0 Å². The molecule has 4 nitrogen and oxygen atoms in total. The maximum absolute atomic E-state index is 11.9. The van der Waals surface area contributed by atoms with Crippen molar-refractivity contribution in [1.82, 2.24) is 4.72 Å². The highest BCUT2D eigenvalue weighted by atomic mass is 32.2. The van der Waals surface area contributed by atoms with Gasteiger partial charge < -0.3 is 5.32 Å². The molecule has 1 aromatic rings. The van der Waals surface area contributed by atoms with Crippen LogP contribution in [0.15, 0.2) is 29.2 Å². The van der Waals surface area contributed by atoms with Crippen molar-refractivity contribution in [2.75, 3.05) is 18.9 Å². The Morgan fingerprint density at radius 2 is 1.76 bits per heavy atom. The summed E-state index contributed by atoms with van der Waals surface area (Å²) >= 11 is 0. The monoisotopic (exact) mass is 256 g/mol. The lowest BCUT2D eigenvalue weighted by Crippen LogP contribution is -2.25. The zero-order chi connectivity index (χ0) is 12.9. The van der Waals surface area contributed by atoms with Crippen molar-refractivity contribution in [3.05, 3.63) is 24.3 Å². The summed E-state index contributed by atoms with van der Waals surface area (Å²) < 4.78 is 26.4. The molecule has 0 aromatic heterocycles. The van der Waals surface area contributed by atoms with E-state index < -0.39 is 10.0 Å². The lowest BCUT2D eigenvalue weighted by molar-refractivity contribution is 0.551. The van der Waals surface area contributed by atoms with Gasteiger partial charge >= 0.3 is 0 Å². The average molecular weight is 256 g/mol. The molecule has 0 radical (unpaired) electrons. The van der Waals surface area contributed by atoms with Crippen LogP contribution >= 0.6 is 0 Å². The highest BCUT2D eigenvalue weighted by Crippen LogP contribution is 2.13. The third-order valence-corrected chi connectivity index (χ3v) is 3.94. The summed E-state index contributed by atoms with van der Waals surface area (Å²) in [4.78, 5) is 0.306. The SMILES string of the molecule is CNc1ccc(S(=O)(=O)NCCC(C)C)cc1. The fraction of sp³-hybridized carbons (Fsp3) is 0.500. The Balaban J connectivity index is 2.68. The molecule has 0 heterocycles. The van der Waals surface area contributed by atoms with Crippen molar-refractivity contribution >= 4 is 15.7 Å². The number of hydrogen-bond donors (Lipinski definition) is 2. The van der Waals surface area contributed by atoms with Crippen LogP contribution in [0, 0.1) is 5.92 Å². The Morgan fingerprint density at radius 3 is 2.24 bits per heavy atom. The molecule has 17 heavy (non-hydrogen) atoms. The van der Waals surface area contributed by atoms with Crippen molar-refractivity contribution < 1.29 is 8.42 Å². The highest BCUT2D eigenvalue weighted by Gasteiger charge is 2.12. The van der Waals surface area contributed by atoms with Crippen LogP contribution in [0.2, 0.25) is 0 Å². The Morgan fingerprint density at radius 1 is 1.18 bits per heavy atom. The van der Waals surface area contributed by atoms with Gasteiger partial charge in [-0.05, 0) is 36.6 Å². The minimum absolute atomic E-state index is 0.306. The molecular weight excluding hydrogens is 236 g/mol. The van der Waals surface area contributed by atoms with Gasteiger partial charge in [0.2, 0.25) is 10.0 Å². The van der Waals surface area contributed by atoms with E-state index in [-0.39, 0.29) is 0 Å². The predicted octanol–water partition coefficient (Wildman–Crippen LogP) is 2.05. The van der Waals surface area contributed by atoms with Gasteiger partial charge in [0.25, 0.3) is 0 Å². The summed E-state index contributed by atoms with van der Waals surface area (Å²) in [5, 5.41) is 2.95. The first-order valence-electron chi connectivity index (χ1n) is 5.73. The van der Waals surface area contributed by atoms with E-state index in [4.69, 9.17) is 0 Å². The van der Waals surface area contributed by atoms with Crippen molar-refractivity contribution in [2.24, 2.45) is 5.92 Å². The normalized spacial score (nSPS) is 11.8. The van der Waals surface area contributed by atoms with E-state index in [2.05, 4.69) is 23.9 Å². The lowest BCUT2D eigenvalue weighted by Gasteiger charge is -2.08. The third-order valence-electron chi connectivity index (χ3n) is 2.47. The molecule has 0 bridgehead atoms. The van der Waals surface area contributed by atoms with E-state index in [1.807, 2.05) is 0 Å². The van der Waals surface area contributed by atoms with Gasteiger partial charge in [0.15, 0.2) is 0 Å². The number of hydrogen-bond acceptors (Lipinski definition) is 3. The van der Waals surface area contributed by atoms with Gasteiger partial charge in [-0.1, -0.05) is 13.8 Å². The van der Waals surface area contributed by atoms with Crippen LogP contribution < -0.4 is 10.0 Å². The summed E-state index contributed by atoms with van der Waals surface area (Å²) in [5.41, 5.74) is 0.895. The fourth-order valence-corrected chi connectivity index (χ4v) is 2.41. The molecule has 1 rings (SSSR count). The van der Waals surface area contributed by atoms with Crippen LogP contribution in [-0.4, -0.2) is 22.0 Å². The summed E-state index contributed by atoms with van der Waals surface area (Å²) in [5.74, 6) is 0.490. The second-order valence-electron chi connectivity index (χ2n) is 4.35. The van der Waals surface area contributed by atoms with E-state index in [1.165, 1.54) is 0 Å². The standard InChI is InChI=1S/C12H20N2O2S/c1-10(2)8-9-14-17(15,16)12-6-4-11(13-3)5-7-12/h4-7,10,13-14H,8-9H2,1-3H3. The zero-order valence-corrected chi connectivity index (χ0v) is 11.3. The second kappa shape index (κ2) is 6.02. The van der Waals surface area contributed by atoms with Gasteiger partial charge in [0, 0.05) is 19.3 Å². The molecule has 0 fully saturated rings. The molecular formula is C12H20N2O2S. The summed E-state index contributed by atoms with van der Waals surface area (Å²) in [7, 11) is -1.56. The summed E-state index contributed by atoms with van der Waals surface area (Å²) in [6, 6.07) is 6.70. The van der Waals surface area contributed by atoms with Crippen molar-refractivity contribution in [1.29, 1.82) is 0 Å². The van der Waals surface area contributed by atoms with E-state index in [0.717, 1.165) is 12.1 Å². The van der Waals surface area contributed by atoms with E-state index in [1.54, 1.807) is 31.3 Å². The molecule has 0 aliphatic rings. The van der Waals surface area contributed by atoms with Crippen molar-refractivity contribution in [3.8, 4) is 0 Å². The Bertz CT molecular complexity index is 438. The first-order valence-corrected chi connectivity index (χ1v) is 7.21. The topological polar surface area (TPSA) is 58.2 Å². The molecule has 0 unspecified atom stereocenters. The molecule has 0 spiro atoms. The zero-order valence-electron chi connectivity index (χ0n) is 10.5. The number of sulfonamides is 1. The smallest absolute Gasteiger partial charge is 0.240 e. The largest absolute Gasteiger partial charge is 0.388 e. The molecule has 2 N–H and O–H groups in total. The third kappa shape index (κ3) is 4.36. The van der Waals surface area contributed by atoms with Crippen molar-refractivity contribution in [3.63, 3.8) is 0 Å². The molecule has 96 valence electrons. The van der Waals surface area contributed by atoms with Gasteiger partial charge in [-0.25, -0.2) is 13.1 Å². The summed E-state index contributed by atoms with van der Waals surface area (Å²) in [6.45, 7) is 4.61. The van der Waals surface area contributed by atoms with E-state index >= 15 is 0 Å². The van der Waals surface area contributed by atoms with Crippen molar-refractivity contribution in [2.45, 2.75) is 25.2 Å². The highest BCUT2D eigenvalue weighted by molar-refractivity contribution is 7.89. The van der Waals surface area contributed by atoms with Gasteiger partial charge in [0.1, 0.15) is 0 Å². The fourth-order valence-electron chi connectivity index (χ4n) is 1.37. The van der Waals surface area contributed by atoms with Gasteiger partial charge in [-0.15, -0.1) is 0 Å². The maximum atomic E-state index is 11.9. The van der Waals surface area contributed by atoms with Gasteiger partial charge in [-0.3, -0.25) is 0 Å². The van der Waals surface area contributed by atoms with Crippen LogP contribution in [0.3, 0.4) is 0 Å². The van der Waals surface area contributed by atoms with E-state index in [0.29, 0.717) is 17.4 Å². The predicted molar refractivity (Wildman–Crippen MR) is 70.6 cm³/mol. The minimum atomic E-state index is -3.36. The lowest BCUT2D eigenvalue weighted by atomic mass is 10.1. The molecule has 0 amide bonds. The van der Waals surface area contributed by atoms with Crippen LogP contribution in [0.25, 0.3) is 0 Å². The molecule has 0 saturated heterocycles. The van der Waals surface area contributed by atoms with Crippen LogP contribution in [0.1, 0.15) is 20.3 Å². The first-order chi connectivity index (χ1) is 7.95. The van der Waals surface area contributed by atoms with Gasteiger partial charge in [-0.2, -0.15) is 0 Å². The number of nitrogens with one attached hydrogen (secondary N) is 2. The van der Waals surface area contributed by atoms with Crippen LogP contribution in [0.4, 0.5) is 5.69 Å². The molecule has 5 heteroatoms. The van der Waals surface area contributed by atoms with Gasteiger partial charge in [0.05, 0.1) is 4.90 Å². The molecule has 0 aliphatic heterocycles. The number of anilines is 1. The molecule has 0 atom stereocenters. The molecule has 0 aliphatic carbocycles. The Kier molecular flexibility index (Phi) is 4.96. The Hall–Kier alpha value is -1.07. The molecule has 0 saturated carbocycles. The van der Waals surface area contributed by atoms with E-state index in [9.17, 15) is 8.42 Å². The quantitative estimate of drug-likeness (QED) is 0.819. The number of rotatable bonds is 6.